The first-order valence-electron chi connectivity index (χ1n) is 5.58. The van der Waals surface area contributed by atoms with E-state index in [0.29, 0.717) is 37.3 Å². The summed E-state index contributed by atoms with van der Waals surface area (Å²) in [5.74, 6) is -0.148. The van der Waals surface area contributed by atoms with Crippen molar-refractivity contribution in [3.63, 3.8) is 0 Å². The van der Waals surface area contributed by atoms with Crippen molar-refractivity contribution in [2.75, 3.05) is 26.2 Å². The number of aromatic nitrogens is 1. The number of amides is 2. The Morgan fingerprint density at radius 3 is 2.67 bits per heavy atom. The summed E-state index contributed by atoms with van der Waals surface area (Å²) in [4.78, 5) is 29.9. The SMILES string of the molecule is N#Cc1cncc(C(=O)N2CCN(C=O)CC2)c1. The van der Waals surface area contributed by atoms with E-state index in [9.17, 15) is 9.59 Å². The van der Waals surface area contributed by atoms with E-state index in [0.717, 1.165) is 6.41 Å². The molecule has 1 aromatic rings. The lowest BCUT2D eigenvalue weighted by Crippen LogP contribution is -2.48. The van der Waals surface area contributed by atoms with Crippen LogP contribution in [0.2, 0.25) is 0 Å². The molecule has 0 atom stereocenters. The topological polar surface area (TPSA) is 77.3 Å². The molecule has 0 radical (unpaired) electrons. The summed E-state index contributed by atoms with van der Waals surface area (Å²) in [6.07, 6.45) is 3.66. The van der Waals surface area contributed by atoms with Crippen LogP contribution in [0.4, 0.5) is 0 Å². The Bertz CT molecular complexity index is 501. The van der Waals surface area contributed by atoms with Crippen LogP contribution in [0.25, 0.3) is 0 Å². The Morgan fingerprint density at radius 1 is 1.33 bits per heavy atom. The van der Waals surface area contributed by atoms with Gasteiger partial charge in [0.05, 0.1) is 11.1 Å². The molecule has 0 aromatic carbocycles. The van der Waals surface area contributed by atoms with Gasteiger partial charge in [0, 0.05) is 38.6 Å². The van der Waals surface area contributed by atoms with E-state index >= 15 is 0 Å². The van der Waals surface area contributed by atoms with E-state index in [1.807, 2.05) is 6.07 Å². The van der Waals surface area contributed by atoms with Gasteiger partial charge in [0.1, 0.15) is 6.07 Å². The number of hydrogen-bond acceptors (Lipinski definition) is 4. The van der Waals surface area contributed by atoms with Gasteiger partial charge in [-0.05, 0) is 6.07 Å². The molecule has 0 saturated carbocycles. The highest BCUT2D eigenvalue weighted by Crippen LogP contribution is 2.08. The molecule has 2 heterocycles. The first kappa shape index (κ1) is 12.0. The Labute approximate surface area is 104 Å². The van der Waals surface area contributed by atoms with Gasteiger partial charge in [-0.2, -0.15) is 5.26 Å². The fraction of sp³-hybridized carbons (Fsp3) is 0.333. The molecule has 1 fully saturated rings. The second kappa shape index (κ2) is 5.27. The summed E-state index contributed by atoms with van der Waals surface area (Å²) >= 11 is 0. The summed E-state index contributed by atoms with van der Waals surface area (Å²) in [6.45, 7) is 2.10. The maximum absolute atomic E-state index is 12.1. The van der Waals surface area contributed by atoms with E-state index in [-0.39, 0.29) is 5.91 Å². The molecule has 0 unspecified atom stereocenters. The van der Waals surface area contributed by atoms with Crippen molar-refractivity contribution in [3.8, 4) is 6.07 Å². The van der Waals surface area contributed by atoms with Crippen LogP contribution in [0, 0.1) is 11.3 Å². The summed E-state index contributed by atoms with van der Waals surface area (Å²) < 4.78 is 0. The van der Waals surface area contributed by atoms with Crippen LogP contribution in [0.5, 0.6) is 0 Å². The number of hydrogen-bond donors (Lipinski definition) is 0. The van der Waals surface area contributed by atoms with Crippen LogP contribution < -0.4 is 0 Å². The highest BCUT2D eigenvalue weighted by atomic mass is 16.2. The Morgan fingerprint density at radius 2 is 2.06 bits per heavy atom. The zero-order valence-corrected chi connectivity index (χ0v) is 9.74. The number of carbonyl (C=O) groups is 2. The second-order valence-electron chi connectivity index (χ2n) is 4.01. The molecule has 92 valence electrons. The van der Waals surface area contributed by atoms with Crippen molar-refractivity contribution in [1.29, 1.82) is 5.26 Å². The van der Waals surface area contributed by atoms with Gasteiger partial charge in [-0.1, -0.05) is 0 Å². The predicted molar refractivity (Wildman–Crippen MR) is 62.5 cm³/mol. The molecular formula is C12H12N4O2. The molecule has 2 amide bonds. The van der Waals surface area contributed by atoms with Gasteiger partial charge in [-0.15, -0.1) is 0 Å². The lowest BCUT2D eigenvalue weighted by Gasteiger charge is -2.32. The van der Waals surface area contributed by atoms with Gasteiger partial charge in [-0.25, -0.2) is 0 Å². The standard InChI is InChI=1S/C12H12N4O2/c13-6-10-5-11(8-14-7-10)12(18)16-3-1-15(9-17)2-4-16/h5,7-9H,1-4H2. The monoisotopic (exact) mass is 244 g/mol. The zero-order chi connectivity index (χ0) is 13.0. The van der Waals surface area contributed by atoms with Crippen molar-refractivity contribution in [2.24, 2.45) is 0 Å². The minimum atomic E-state index is -0.148. The van der Waals surface area contributed by atoms with Crippen LogP contribution in [-0.2, 0) is 4.79 Å². The van der Waals surface area contributed by atoms with E-state index in [1.165, 1.54) is 18.5 Å². The summed E-state index contributed by atoms with van der Waals surface area (Å²) in [7, 11) is 0. The molecule has 0 spiro atoms. The van der Waals surface area contributed by atoms with Crippen molar-refractivity contribution < 1.29 is 9.59 Å². The zero-order valence-electron chi connectivity index (χ0n) is 9.74. The Hall–Kier alpha value is -2.42. The molecule has 2 rings (SSSR count). The molecule has 18 heavy (non-hydrogen) atoms. The van der Waals surface area contributed by atoms with Crippen molar-refractivity contribution >= 4 is 12.3 Å². The predicted octanol–water partition coefficient (Wildman–Crippen LogP) is -0.133. The maximum atomic E-state index is 12.1. The molecule has 1 aliphatic heterocycles. The molecular weight excluding hydrogens is 232 g/mol. The third-order valence-electron chi connectivity index (χ3n) is 2.86. The Balaban J connectivity index is 2.08. The number of nitrogens with zero attached hydrogens (tertiary/aromatic N) is 4. The molecule has 0 aliphatic carbocycles. The van der Waals surface area contributed by atoms with Crippen LogP contribution >= 0.6 is 0 Å². The third kappa shape index (κ3) is 2.46. The average Bonchev–Trinajstić information content (AvgIpc) is 2.46. The molecule has 1 saturated heterocycles. The minimum Gasteiger partial charge on any atom is -0.342 e. The summed E-state index contributed by atoms with van der Waals surface area (Å²) in [6, 6.07) is 3.48. The molecule has 6 heteroatoms. The lowest BCUT2D eigenvalue weighted by atomic mass is 10.2. The molecule has 6 nitrogen and oxygen atoms in total. The number of rotatable bonds is 2. The average molecular weight is 244 g/mol. The van der Waals surface area contributed by atoms with Crippen molar-refractivity contribution in [1.82, 2.24) is 14.8 Å². The van der Waals surface area contributed by atoms with Crippen LogP contribution in [0.1, 0.15) is 15.9 Å². The van der Waals surface area contributed by atoms with Crippen LogP contribution in [0.15, 0.2) is 18.5 Å². The second-order valence-corrected chi connectivity index (χ2v) is 4.01. The van der Waals surface area contributed by atoms with E-state index in [2.05, 4.69) is 4.98 Å². The van der Waals surface area contributed by atoms with Gasteiger partial charge < -0.3 is 9.80 Å². The fourth-order valence-electron chi connectivity index (χ4n) is 1.83. The van der Waals surface area contributed by atoms with Gasteiger partial charge in [0.15, 0.2) is 0 Å². The summed E-state index contributed by atoms with van der Waals surface area (Å²) in [5, 5.41) is 8.76. The Kier molecular flexibility index (Phi) is 3.53. The van der Waals surface area contributed by atoms with Crippen molar-refractivity contribution in [2.45, 2.75) is 0 Å². The third-order valence-corrected chi connectivity index (χ3v) is 2.86. The number of nitriles is 1. The molecule has 1 aromatic heterocycles. The van der Waals surface area contributed by atoms with Gasteiger partial charge in [-0.3, -0.25) is 14.6 Å². The fourth-order valence-corrected chi connectivity index (χ4v) is 1.83. The lowest BCUT2D eigenvalue weighted by molar-refractivity contribution is -0.119. The maximum Gasteiger partial charge on any atom is 0.255 e. The first-order valence-corrected chi connectivity index (χ1v) is 5.58. The first-order chi connectivity index (χ1) is 8.74. The largest absolute Gasteiger partial charge is 0.342 e. The normalized spacial score (nSPS) is 15.1. The minimum absolute atomic E-state index is 0.148. The van der Waals surface area contributed by atoms with E-state index < -0.39 is 0 Å². The van der Waals surface area contributed by atoms with Gasteiger partial charge in [0.2, 0.25) is 6.41 Å². The molecule has 0 N–H and O–H groups in total. The quantitative estimate of drug-likeness (QED) is 0.679. The van der Waals surface area contributed by atoms with Crippen LogP contribution in [-0.4, -0.2) is 53.3 Å². The highest BCUT2D eigenvalue weighted by Gasteiger charge is 2.21. The smallest absolute Gasteiger partial charge is 0.255 e. The van der Waals surface area contributed by atoms with E-state index in [4.69, 9.17) is 5.26 Å². The van der Waals surface area contributed by atoms with E-state index in [1.54, 1.807) is 9.80 Å². The number of pyridine rings is 1. The molecule has 0 bridgehead atoms. The highest BCUT2D eigenvalue weighted by molar-refractivity contribution is 5.94. The summed E-state index contributed by atoms with van der Waals surface area (Å²) in [5.41, 5.74) is 0.779. The van der Waals surface area contributed by atoms with Crippen molar-refractivity contribution in [3.05, 3.63) is 29.6 Å². The van der Waals surface area contributed by atoms with Gasteiger partial charge in [0.25, 0.3) is 5.91 Å². The molecule has 1 aliphatic rings. The number of piperazine rings is 1. The van der Waals surface area contributed by atoms with Gasteiger partial charge >= 0.3 is 0 Å². The number of carbonyl (C=O) groups excluding carboxylic acids is 2. The van der Waals surface area contributed by atoms with Crippen LogP contribution in [0.3, 0.4) is 0 Å².